The molecular formula is C34H51NO10. The zero-order valence-corrected chi connectivity index (χ0v) is 27.8. The summed E-state index contributed by atoms with van der Waals surface area (Å²) < 4.78 is 27.1. The minimum atomic E-state index is -0.881. The van der Waals surface area contributed by atoms with Gasteiger partial charge in [-0.05, 0) is 87.9 Å². The zero-order valence-electron chi connectivity index (χ0n) is 27.8. The highest BCUT2D eigenvalue weighted by Crippen LogP contribution is 2.63. The summed E-state index contributed by atoms with van der Waals surface area (Å²) >= 11 is 0. The van der Waals surface area contributed by atoms with E-state index in [9.17, 15) is 4.79 Å². The van der Waals surface area contributed by atoms with E-state index in [4.69, 9.17) is 43.3 Å². The molecule has 10 aliphatic rings. The second-order valence-electron chi connectivity index (χ2n) is 16.1. The van der Waals surface area contributed by atoms with E-state index in [0.29, 0.717) is 24.0 Å². The summed E-state index contributed by atoms with van der Waals surface area (Å²) in [7, 11) is 0. The van der Waals surface area contributed by atoms with Gasteiger partial charge in [0.05, 0.1) is 11.8 Å². The van der Waals surface area contributed by atoms with Crippen LogP contribution in [-0.4, -0.2) is 59.2 Å². The smallest absolute Gasteiger partial charge is 0.331 e. The van der Waals surface area contributed by atoms with Crippen LogP contribution in [0, 0.1) is 47.3 Å². The van der Waals surface area contributed by atoms with Crippen LogP contribution >= 0.6 is 0 Å². The summed E-state index contributed by atoms with van der Waals surface area (Å²) in [5.41, 5.74) is -0.690. The first-order chi connectivity index (χ1) is 21.4. The Labute approximate surface area is 266 Å². The number of hydrogen-bond acceptors (Lipinski definition) is 11. The van der Waals surface area contributed by atoms with E-state index >= 15 is 0 Å². The van der Waals surface area contributed by atoms with E-state index in [0.717, 1.165) is 51.4 Å². The number of nitrogens with zero attached hydrogens (tertiary/aromatic N) is 1. The summed E-state index contributed by atoms with van der Waals surface area (Å²) in [6.45, 7) is 14.3. The van der Waals surface area contributed by atoms with E-state index in [1.807, 2.05) is 13.8 Å². The Kier molecular flexibility index (Phi) is 7.37. The van der Waals surface area contributed by atoms with Gasteiger partial charge in [-0.2, -0.15) is 0 Å². The summed E-state index contributed by atoms with van der Waals surface area (Å²) in [6, 6.07) is 0. The van der Waals surface area contributed by atoms with Crippen molar-refractivity contribution in [3.05, 3.63) is 0 Å². The molecule has 0 aromatic carbocycles. The lowest BCUT2D eigenvalue weighted by Crippen LogP contribution is -2.71. The third-order valence-corrected chi connectivity index (χ3v) is 13.5. The van der Waals surface area contributed by atoms with Gasteiger partial charge >= 0.3 is 5.97 Å². The van der Waals surface area contributed by atoms with Gasteiger partial charge in [-0.25, -0.2) is 24.3 Å². The van der Waals surface area contributed by atoms with Gasteiger partial charge in [0, 0.05) is 38.0 Å². The van der Waals surface area contributed by atoms with Gasteiger partial charge in [-0.15, -0.1) is 0 Å². The molecule has 0 aromatic rings. The molecule has 0 aromatic heterocycles. The fraction of sp³-hybridized carbons (Fsp3) is 0.941. The summed E-state index contributed by atoms with van der Waals surface area (Å²) in [4.78, 5) is 42.3. The van der Waals surface area contributed by atoms with Crippen LogP contribution in [0.5, 0.6) is 0 Å². The van der Waals surface area contributed by atoms with Crippen molar-refractivity contribution >= 4 is 11.7 Å². The molecule has 2 aliphatic carbocycles. The predicted octanol–water partition coefficient (Wildman–Crippen LogP) is 5.80. The Morgan fingerprint density at radius 2 is 1.24 bits per heavy atom. The van der Waals surface area contributed by atoms with Crippen LogP contribution in [0.2, 0.25) is 0 Å². The predicted molar refractivity (Wildman–Crippen MR) is 157 cm³/mol. The van der Waals surface area contributed by atoms with Crippen molar-refractivity contribution in [1.29, 1.82) is 0 Å². The van der Waals surface area contributed by atoms with Gasteiger partial charge in [-0.1, -0.05) is 32.9 Å². The van der Waals surface area contributed by atoms with Crippen molar-refractivity contribution in [1.82, 2.24) is 0 Å². The lowest BCUT2D eigenvalue weighted by Gasteiger charge is -2.61. The first kappa shape index (κ1) is 31.1. The van der Waals surface area contributed by atoms with Gasteiger partial charge in [-0.3, -0.25) is 0 Å². The minimum absolute atomic E-state index is 0.00570. The summed E-state index contributed by atoms with van der Waals surface area (Å²) in [5, 5.41) is 4.50. The van der Waals surface area contributed by atoms with Crippen LogP contribution in [0.4, 0.5) is 0 Å². The van der Waals surface area contributed by atoms with Gasteiger partial charge in [0.1, 0.15) is 6.10 Å². The van der Waals surface area contributed by atoms with Gasteiger partial charge < -0.3 is 23.8 Å². The van der Waals surface area contributed by atoms with Crippen molar-refractivity contribution in [2.45, 2.75) is 154 Å². The molecule has 2 unspecified atom stereocenters. The van der Waals surface area contributed by atoms with E-state index in [2.05, 4.69) is 32.9 Å². The summed E-state index contributed by atoms with van der Waals surface area (Å²) in [6.07, 6.45) is 6.16. The highest BCUT2D eigenvalue weighted by molar-refractivity contribution is 5.90. The zero-order chi connectivity index (χ0) is 31.5. The van der Waals surface area contributed by atoms with E-state index in [-0.39, 0.29) is 41.6 Å². The van der Waals surface area contributed by atoms with E-state index in [1.54, 1.807) is 0 Å². The minimum Gasteiger partial charge on any atom is -0.345 e. The van der Waals surface area contributed by atoms with Crippen LogP contribution in [0.1, 0.15) is 106 Å². The molecule has 11 nitrogen and oxygen atoms in total. The molecule has 45 heavy (non-hydrogen) atoms. The topological polar surface area (TPSA) is 113 Å². The standard InChI is InChI=1S/C34H51NO10/c1-17-8-10-24-19(3)27(37-29-33(24)22(17)12-14-31(6,39-29)42-44-33)16-26(35-41-21(5)36)28-20(4)25-11-9-18(2)23-13-15-32(7)40-30(38-28)34(23,25)45-43-32/h17-20,22-25,27-30H,8-16H2,1-7H3/b35-26-/t17-,18-,19-,20-,22+,23+,24+,25+,27-,28+,29-,30-,31?,32?,33-,34-/m1/s1. The van der Waals surface area contributed by atoms with Crippen LogP contribution in [0.15, 0.2) is 5.16 Å². The number of rotatable bonds is 4. The number of fused-ring (bicyclic) bond motifs is 4. The van der Waals surface area contributed by atoms with Crippen LogP contribution in [-0.2, 0) is 48.1 Å². The van der Waals surface area contributed by atoms with E-state index < -0.39 is 47.4 Å². The molecular weight excluding hydrogens is 582 g/mol. The van der Waals surface area contributed by atoms with Crippen molar-refractivity contribution < 1.29 is 48.1 Å². The third kappa shape index (κ3) is 4.51. The quantitative estimate of drug-likeness (QED) is 0.163. The Hall–Kier alpha value is -1.18. The number of ether oxygens (including phenoxy) is 4. The van der Waals surface area contributed by atoms with Gasteiger partial charge in [0.15, 0.2) is 23.8 Å². The molecule has 8 heterocycles. The highest BCUT2D eigenvalue weighted by atomic mass is 17.3. The number of hydrogen-bond donors (Lipinski definition) is 0. The molecule has 10 fully saturated rings. The maximum Gasteiger partial charge on any atom is 0.331 e. The Balaban J connectivity index is 1.12. The first-order valence-electron chi connectivity index (χ1n) is 17.5. The lowest BCUT2D eigenvalue weighted by atomic mass is 9.56. The molecule has 8 saturated heterocycles. The first-order valence-corrected chi connectivity index (χ1v) is 17.5. The molecule has 8 aliphatic heterocycles. The maximum atomic E-state index is 12.1. The Morgan fingerprint density at radius 1 is 0.711 bits per heavy atom. The molecule has 16 atom stereocenters. The second kappa shape index (κ2) is 10.7. The van der Waals surface area contributed by atoms with E-state index in [1.165, 1.54) is 6.92 Å². The van der Waals surface area contributed by atoms with Crippen molar-refractivity contribution in [3.63, 3.8) is 0 Å². The normalized spacial score (nSPS) is 56.9. The Morgan fingerprint density at radius 3 is 1.80 bits per heavy atom. The molecule has 0 radical (unpaired) electrons. The average molecular weight is 634 g/mol. The molecule has 11 heteroatoms. The number of carbonyl (C=O) groups excluding carboxylic acids is 1. The molecule has 10 rings (SSSR count). The molecule has 0 amide bonds. The van der Waals surface area contributed by atoms with Crippen molar-refractivity contribution in [2.75, 3.05) is 0 Å². The van der Waals surface area contributed by atoms with Crippen molar-refractivity contribution in [3.8, 4) is 0 Å². The van der Waals surface area contributed by atoms with Crippen molar-refractivity contribution in [2.24, 2.45) is 52.5 Å². The van der Waals surface area contributed by atoms with Crippen LogP contribution < -0.4 is 0 Å². The largest absolute Gasteiger partial charge is 0.345 e. The summed E-state index contributed by atoms with van der Waals surface area (Å²) in [5.74, 6) is -0.299. The maximum absolute atomic E-state index is 12.1. The van der Waals surface area contributed by atoms with Gasteiger partial charge in [0.25, 0.3) is 0 Å². The average Bonchev–Trinajstić information content (AvgIpc) is 3.37. The SMILES string of the molecule is CC(=O)O/N=C(/C[C@H]1O[C@@H]2OC3(C)CC[C@H]4[C@H](C)CC[C@@H]([C@H]1C)[C@@]24OO3)[C@H]1O[C@@H]2OC3(C)CC[C@H]4[C@H](C)CC[C@@H]([C@H]1C)[C@@]24OO3. The molecule has 4 bridgehead atoms. The Bertz CT molecular complexity index is 1230. The third-order valence-electron chi connectivity index (χ3n) is 13.5. The number of carbonyl (C=O) groups is 1. The highest BCUT2D eigenvalue weighted by Gasteiger charge is 2.71. The molecule has 2 saturated carbocycles. The fourth-order valence-corrected chi connectivity index (χ4v) is 11.0. The fourth-order valence-electron chi connectivity index (χ4n) is 11.0. The monoisotopic (exact) mass is 633 g/mol. The van der Waals surface area contributed by atoms with Crippen LogP contribution in [0.3, 0.4) is 0 Å². The van der Waals surface area contributed by atoms with Gasteiger partial charge in [0.2, 0.25) is 11.6 Å². The van der Waals surface area contributed by atoms with Crippen LogP contribution in [0.25, 0.3) is 0 Å². The molecule has 252 valence electrons. The second-order valence-corrected chi connectivity index (χ2v) is 16.1. The lowest BCUT2D eigenvalue weighted by molar-refractivity contribution is -0.571. The number of oxime groups is 1. The molecule has 2 spiro atoms. The molecule has 0 N–H and O–H groups in total.